The highest BCUT2D eigenvalue weighted by Crippen LogP contribution is 2.25. The Bertz CT molecular complexity index is 507. The fraction of sp³-hybridized carbons (Fsp3) is 0. The molecule has 0 atom stereocenters. The Labute approximate surface area is 95.2 Å². The summed E-state index contributed by atoms with van der Waals surface area (Å²) in [6.07, 6.45) is 0. The van der Waals surface area contributed by atoms with Crippen LogP contribution in [0.2, 0.25) is 0 Å². The molecule has 0 spiro atoms. The van der Waals surface area contributed by atoms with E-state index in [-0.39, 0.29) is 10.7 Å². The van der Waals surface area contributed by atoms with Gasteiger partial charge in [0.05, 0.1) is 5.69 Å². The molecule has 82 valence electrons. The zero-order valence-corrected chi connectivity index (χ0v) is 8.92. The van der Waals surface area contributed by atoms with E-state index in [1.165, 1.54) is 12.1 Å². The maximum atomic E-state index is 12.7. The summed E-state index contributed by atoms with van der Waals surface area (Å²) >= 11 is 1.14. The number of hydrogen-bond acceptors (Lipinski definition) is 3. The minimum atomic E-state index is -0.973. The van der Waals surface area contributed by atoms with Gasteiger partial charge in [-0.2, -0.15) is 0 Å². The first kappa shape index (κ1) is 10.6. The summed E-state index contributed by atoms with van der Waals surface area (Å²) in [5.74, 6) is -1.30. The van der Waals surface area contributed by atoms with Gasteiger partial charge in [0, 0.05) is 5.69 Å². The minimum absolute atomic E-state index is 0.240. The summed E-state index contributed by atoms with van der Waals surface area (Å²) in [5.41, 5.74) is 1.17. The molecule has 2 rings (SSSR count). The lowest BCUT2D eigenvalue weighted by Gasteiger charge is -2.04. The quantitative estimate of drug-likeness (QED) is 0.860. The largest absolute Gasteiger partial charge is 0.477 e. The van der Waals surface area contributed by atoms with Crippen molar-refractivity contribution in [2.24, 2.45) is 0 Å². The molecule has 0 saturated carbocycles. The first-order valence-electron chi connectivity index (χ1n) is 4.50. The summed E-state index contributed by atoms with van der Waals surface area (Å²) in [7, 11) is 0. The molecule has 1 aromatic carbocycles. The van der Waals surface area contributed by atoms with Crippen molar-refractivity contribution in [1.29, 1.82) is 0 Å². The second-order valence-electron chi connectivity index (χ2n) is 3.10. The van der Waals surface area contributed by atoms with Gasteiger partial charge in [-0.15, -0.1) is 11.3 Å². The highest BCUT2D eigenvalue weighted by atomic mass is 32.1. The van der Waals surface area contributed by atoms with E-state index >= 15 is 0 Å². The summed E-state index contributed by atoms with van der Waals surface area (Å²) in [6.45, 7) is 0. The average Bonchev–Trinajstić information content (AvgIpc) is 2.69. The van der Waals surface area contributed by atoms with Crippen LogP contribution < -0.4 is 5.32 Å². The van der Waals surface area contributed by atoms with Crippen LogP contribution in [0.1, 0.15) is 9.67 Å². The molecule has 16 heavy (non-hydrogen) atoms. The van der Waals surface area contributed by atoms with E-state index in [0.717, 1.165) is 11.3 Å². The number of hydrogen-bond donors (Lipinski definition) is 2. The summed E-state index contributed by atoms with van der Waals surface area (Å²) in [6, 6.07) is 7.42. The predicted molar refractivity (Wildman–Crippen MR) is 61.0 cm³/mol. The SMILES string of the molecule is O=C(O)c1sccc1Nc1ccc(F)cc1. The Hall–Kier alpha value is -1.88. The number of anilines is 2. The maximum Gasteiger partial charge on any atom is 0.348 e. The van der Waals surface area contributed by atoms with Crippen LogP contribution >= 0.6 is 11.3 Å². The van der Waals surface area contributed by atoms with Crippen LogP contribution in [-0.2, 0) is 0 Å². The Morgan fingerprint density at radius 1 is 1.25 bits per heavy atom. The fourth-order valence-corrected chi connectivity index (χ4v) is 1.95. The van der Waals surface area contributed by atoms with Crippen LogP contribution in [0, 0.1) is 5.82 Å². The molecule has 0 saturated heterocycles. The molecule has 3 nitrogen and oxygen atoms in total. The van der Waals surface area contributed by atoms with Crippen molar-refractivity contribution in [3.05, 3.63) is 46.4 Å². The van der Waals surface area contributed by atoms with Gasteiger partial charge in [-0.3, -0.25) is 0 Å². The smallest absolute Gasteiger partial charge is 0.348 e. The third kappa shape index (κ3) is 2.20. The Morgan fingerprint density at radius 2 is 1.94 bits per heavy atom. The van der Waals surface area contributed by atoms with Crippen molar-refractivity contribution in [2.45, 2.75) is 0 Å². The molecule has 1 heterocycles. The second kappa shape index (κ2) is 4.32. The van der Waals surface area contributed by atoms with Crippen molar-refractivity contribution in [2.75, 3.05) is 5.32 Å². The predicted octanol–water partition coefficient (Wildman–Crippen LogP) is 3.33. The van der Waals surface area contributed by atoms with E-state index in [4.69, 9.17) is 5.11 Å². The van der Waals surface area contributed by atoms with Gasteiger partial charge >= 0.3 is 5.97 Å². The molecule has 0 amide bonds. The van der Waals surface area contributed by atoms with E-state index < -0.39 is 5.97 Å². The molecule has 0 fully saturated rings. The molecule has 0 unspecified atom stereocenters. The molecule has 0 aliphatic heterocycles. The zero-order valence-electron chi connectivity index (χ0n) is 8.11. The summed E-state index contributed by atoms with van der Waals surface area (Å²) < 4.78 is 12.7. The van der Waals surface area contributed by atoms with Gasteiger partial charge in [-0.1, -0.05) is 0 Å². The van der Waals surface area contributed by atoms with Crippen LogP contribution in [-0.4, -0.2) is 11.1 Å². The van der Waals surface area contributed by atoms with Crippen molar-refractivity contribution in [3.63, 3.8) is 0 Å². The number of nitrogens with one attached hydrogen (secondary N) is 1. The monoisotopic (exact) mass is 237 g/mol. The highest BCUT2D eigenvalue weighted by Gasteiger charge is 2.11. The molecule has 0 aliphatic carbocycles. The number of rotatable bonds is 3. The Morgan fingerprint density at radius 3 is 2.56 bits per heavy atom. The number of carbonyl (C=O) groups is 1. The van der Waals surface area contributed by atoms with Crippen LogP contribution in [0.15, 0.2) is 35.7 Å². The van der Waals surface area contributed by atoms with Crippen molar-refractivity contribution < 1.29 is 14.3 Å². The van der Waals surface area contributed by atoms with Gasteiger partial charge in [-0.05, 0) is 35.7 Å². The highest BCUT2D eigenvalue weighted by molar-refractivity contribution is 7.12. The first-order chi connectivity index (χ1) is 7.66. The van der Waals surface area contributed by atoms with Gasteiger partial charge in [0.15, 0.2) is 0 Å². The van der Waals surface area contributed by atoms with E-state index in [1.807, 2.05) is 0 Å². The number of benzene rings is 1. The molecule has 2 N–H and O–H groups in total. The third-order valence-electron chi connectivity index (χ3n) is 1.98. The van der Waals surface area contributed by atoms with E-state index in [2.05, 4.69) is 5.32 Å². The van der Waals surface area contributed by atoms with Crippen LogP contribution in [0.25, 0.3) is 0 Å². The lowest BCUT2D eigenvalue weighted by Crippen LogP contribution is -1.98. The Kier molecular flexibility index (Phi) is 2.87. The topological polar surface area (TPSA) is 49.3 Å². The molecule has 0 bridgehead atoms. The standard InChI is InChI=1S/C11H8FNO2S/c12-7-1-3-8(4-2-7)13-9-5-6-16-10(9)11(14)15/h1-6,13H,(H,14,15). The van der Waals surface area contributed by atoms with Crippen molar-refractivity contribution in [3.8, 4) is 0 Å². The number of thiophene rings is 1. The number of halogens is 1. The summed E-state index contributed by atoms with van der Waals surface area (Å²) in [4.78, 5) is 11.1. The van der Waals surface area contributed by atoms with Gasteiger partial charge in [0.2, 0.25) is 0 Å². The van der Waals surface area contributed by atoms with E-state index in [9.17, 15) is 9.18 Å². The summed E-state index contributed by atoms with van der Waals surface area (Å²) in [5, 5.41) is 13.5. The number of carboxylic acids is 1. The van der Waals surface area contributed by atoms with Gasteiger partial charge in [0.25, 0.3) is 0 Å². The van der Waals surface area contributed by atoms with Gasteiger partial charge < -0.3 is 10.4 Å². The fourth-order valence-electron chi connectivity index (χ4n) is 1.26. The molecule has 0 aliphatic rings. The van der Waals surface area contributed by atoms with E-state index in [0.29, 0.717) is 11.4 Å². The van der Waals surface area contributed by atoms with Crippen molar-refractivity contribution >= 4 is 28.7 Å². The molecule has 0 radical (unpaired) electrons. The lowest BCUT2D eigenvalue weighted by atomic mass is 10.3. The van der Waals surface area contributed by atoms with Gasteiger partial charge in [-0.25, -0.2) is 9.18 Å². The second-order valence-corrected chi connectivity index (χ2v) is 4.02. The molecular formula is C11H8FNO2S. The zero-order chi connectivity index (χ0) is 11.5. The molecule has 2 aromatic rings. The normalized spacial score (nSPS) is 10.1. The first-order valence-corrected chi connectivity index (χ1v) is 5.38. The van der Waals surface area contributed by atoms with E-state index in [1.54, 1.807) is 23.6 Å². The molecule has 5 heteroatoms. The Balaban J connectivity index is 2.23. The minimum Gasteiger partial charge on any atom is -0.477 e. The van der Waals surface area contributed by atoms with Crippen LogP contribution in [0.5, 0.6) is 0 Å². The lowest BCUT2D eigenvalue weighted by molar-refractivity contribution is 0.0703. The van der Waals surface area contributed by atoms with Gasteiger partial charge in [0.1, 0.15) is 10.7 Å². The third-order valence-corrected chi connectivity index (χ3v) is 2.89. The van der Waals surface area contributed by atoms with Crippen LogP contribution in [0.4, 0.5) is 15.8 Å². The number of carboxylic acid groups (broad SMARTS) is 1. The number of aromatic carboxylic acids is 1. The van der Waals surface area contributed by atoms with Crippen molar-refractivity contribution in [1.82, 2.24) is 0 Å². The average molecular weight is 237 g/mol. The van der Waals surface area contributed by atoms with Crippen LogP contribution in [0.3, 0.4) is 0 Å². The molecule has 1 aromatic heterocycles. The molecular weight excluding hydrogens is 229 g/mol. The maximum absolute atomic E-state index is 12.7.